The average Bonchev–Trinajstić information content (AvgIpc) is 2.93. The van der Waals surface area contributed by atoms with Gasteiger partial charge in [0, 0.05) is 70.8 Å². The average molecular weight is 535 g/mol. The minimum atomic E-state index is 0.685. The van der Waals surface area contributed by atoms with Gasteiger partial charge in [-0.2, -0.15) is 0 Å². The molecule has 0 N–H and O–H groups in total. The third kappa shape index (κ3) is 5.45. The van der Waals surface area contributed by atoms with Crippen LogP contribution in [0.15, 0.2) is 65.4 Å². The molecule has 2 fully saturated rings. The predicted octanol–water partition coefficient (Wildman–Crippen LogP) is 4.72. The van der Waals surface area contributed by atoms with Crippen LogP contribution in [0, 0.1) is 0 Å². The summed E-state index contributed by atoms with van der Waals surface area (Å²) in [5.74, 6) is 0. The van der Waals surface area contributed by atoms with Crippen LogP contribution in [-0.4, -0.2) is 68.9 Å². The third-order valence-corrected chi connectivity index (χ3v) is 6.76. The molecule has 2 saturated heterocycles. The number of anilines is 2. The summed E-state index contributed by atoms with van der Waals surface area (Å²) < 4.78 is 11.8. The monoisotopic (exact) mass is 534 g/mol. The fourth-order valence-electron chi connectivity index (χ4n) is 4.49. The lowest BCUT2D eigenvalue weighted by atomic mass is 10.1. The van der Waals surface area contributed by atoms with E-state index in [9.17, 15) is 4.79 Å². The first kappa shape index (κ1) is 23.7. The molecule has 0 spiro atoms. The van der Waals surface area contributed by atoms with E-state index in [2.05, 4.69) is 47.8 Å². The molecule has 4 heterocycles. The number of carbonyl (C=O) groups excluding carboxylic acids is 1. The minimum absolute atomic E-state index is 0.685. The van der Waals surface area contributed by atoms with Gasteiger partial charge in [-0.3, -0.25) is 14.8 Å². The van der Waals surface area contributed by atoms with Gasteiger partial charge in [0.05, 0.1) is 37.5 Å². The van der Waals surface area contributed by atoms with Gasteiger partial charge in [0.2, 0.25) is 0 Å². The van der Waals surface area contributed by atoms with Crippen LogP contribution in [0.4, 0.5) is 11.4 Å². The second-order valence-electron chi connectivity index (χ2n) is 8.41. The molecule has 4 aromatic rings. The fourth-order valence-corrected chi connectivity index (χ4v) is 4.85. The minimum Gasteiger partial charge on any atom is -0.378 e. The van der Waals surface area contributed by atoms with Crippen molar-refractivity contribution in [3.05, 3.63) is 71.0 Å². The molecule has 2 aliphatic rings. The van der Waals surface area contributed by atoms with Crippen LogP contribution in [-0.2, 0) is 9.47 Å². The number of fused-ring (bicyclic) bond motifs is 2. The Morgan fingerprint density at radius 2 is 1.23 bits per heavy atom. The molecule has 0 atom stereocenters. The van der Waals surface area contributed by atoms with Crippen molar-refractivity contribution >= 4 is 55.4 Å². The van der Waals surface area contributed by atoms with Crippen molar-refractivity contribution in [1.29, 1.82) is 0 Å². The van der Waals surface area contributed by atoms with Gasteiger partial charge in [-0.15, -0.1) is 0 Å². The Kier molecular flexibility index (Phi) is 7.51. The highest BCUT2D eigenvalue weighted by Crippen LogP contribution is 2.29. The largest absolute Gasteiger partial charge is 0.378 e. The number of carbonyl (C=O) groups is 1. The number of nitrogens with zero attached hydrogens (tertiary/aromatic N) is 4. The van der Waals surface area contributed by atoms with Crippen molar-refractivity contribution in [1.82, 2.24) is 9.97 Å². The van der Waals surface area contributed by atoms with E-state index in [-0.39, 0.29) is 0 Å². The summed E-state index contributed by atoms with van der Waals surface area (Å²) in [6.07, 6.45) is 4.56. The number of hydrogen-bond donors (Lipinski definition) is 0. The standard InChI is InChI=1S/C14H14N2O2.C13H13BrN2O/c17-10-11-1-2-13-12(9-11)14(3-4-15-13)16-5-7-18-8-6-16;14-10-1-2-12-11(9-10)13(3-4-15-12)16-5-7-17-8-6-16/h1-4,9-10H,5-8H2;1-4,9H,5-8H2. The van der Waals surface area contributed by atoms with Crippen molar-refractivity contribution in [2.24, 2.45) is 0 Å². The Bertz CT molecular complexity index is 1320. The molecular weight excluding hydrogens is 508 g/mol. The van der Waals surface area contributed by atoms with Gasteiger partial charge in [-0.25, -0.2) is 0 Å². The molecule has 35 heavy (non-hydrogen) atoms. The van der Waals surface area contributed by atoms with E-state index in [0.29, 0.717) is 5.56 Å². The molecule has 0 saturated carbocycles. The number of aldehydes is 1. The molecule has 2 aromatic heterocycles. The highest BCUT2D eigenvalue weighted by Gasteiger charge is 2.15. The molecule has 0 bridgehead atoms. The van der Waals surface area contributed by atoms with E-state index >= 15 is 0 Å². The summed E-state index contributed by atoms with van der Waals surface area (Å²) >= 11 is 3.52. The van der Waals surface area contributed by atoms with Crippen LogP contribution in [0.5, 0.6) is 0 Å². The van der Waals surface area contributed by atoms with Gasteiger partial charge >= 0.3 is 0 Å². The van der Waals surface area contributed by atoms with E-state index in [1.807, 2.05) is 42.7 Å². The van der Waals surface area contributed by atoms with E-state index in [4.69, 9.17) is 9.47 Å². The summed E-state index contributed by atoms with van der Waals surface area (Å²) in [6, 6.07) is 15.9. The molecule has 2 aliphatic heterocycles. The Morgan fingerprint density at radius 1 is 0.714 bits per heavy atom. The summed E-state index contributed by atoms with van der Waals surface area (Å²) in [6.45, 7) is 6.76. The third-order valence-electron chi connectivity index (χ3n) is 6.26. The summed E-state index contributed by atoms with van der Waals surface area (Å²) in [7, 11) is 0. The predicted molar refractivity (Wildman–Crippen MR) is 143 cm³/mol. The van der Waals surface area contributed by atoms with Gasteiger partial charge in [0.15, 0.2) is 0 Å². The second-order valence-corrected chi connectivity index (χ2v) is 9.33. The first-order chi connectivity index (χ1) is 17.2. The lowest BCUT2D eigenvalue weighted by Crippen LogP contribution is -2.36. The number of benzene rings is 2. The van der Waals surface area contributed by atoms with Crippen LogP contribution in [0.25, 0.3) is 21.8 Å². The Hall–Kier alpha value is -3.07. The SMILES string of the molecule is Brc1ccc2nccc(N3CCOCC3)c2c1.O=Cc1ccc2nccc(N3CCOCC3)c2c1. The van der Waals surface area contributed by atoms with E-state index in [0.717, 1.165) is 85.5 Å². The van der Waals surface area contributed by atoms with Gasteiger partial charge in [0.25, 0.3) is 0 Å². The number of pyridine rings is 2. The van der Waals surface area contributed by atoms with Crippen LogP contribution in [0.1, 0.15) is 10.4 Å². The van der Waals surface area contributed by atoms with Crippen LogP contribution in [0.3, 0.4) is 0 Å². The summed E-state index contributed by atoms with van der Waals surface area (Å²) in [5, 5.41) is 2.23. The summed E-state index contributed by atoms with van der Waals surface area (Å²) in [4.78, 5) is 24.3. The fraction of sp³-hybridized carbons (Fsp3) is 0.296. The van der Waals surface area contributed by atoms with Crippen molar-refractivity contribution < 1.29 is 14.3 Å². The van der Waals surface area contributed by atoms with Crippen molar-refractivity contribution in [3.63, 3.8) is 0 Å². The van der Waals surface area contributed by atoms with Crippen molar-refractivity contribution in [2.45, 2.75) is 0 Å². The molecular formula is C27H27BrN4O3. The van der Waals surface area contributed by atoms with Gasteiger partial charge < -0.3 is 19.3 Å². The Morgan fingerprint density at radius 3 is 1.77 bits per heavy atom. The lowest BCUT2D eigenvalue weighted by molar-refractivity contribution is 0.112. The first-order valence-corrected chi connectivity index (χ1v) is 12.6. The number of hydrogen-bond acceptors (Lipinski definition) is 7. The maximum Gasteiger partial charge on any atom is 0.150 e. The topological polar surface area (TPSA) is 67.8 Å². The van der Waals surface area contributed by atoms with Crippen LogP contribution < -0.4 is 9.80 Å². The zero-order valence-corrected chi connectivity index (χ0v) is 21.0. The Labute approximate surface area is 212 Å². The highest BCUT2D eigenvalue weighted by molar-refractivity contribution is 9.10. The number of ether oxygens (including phenoxy) is 2. The normalized spacial score (nSPS) is 16.1. The molecule has 7 nitrogen and oxygen atoms in total. The molecule has 0 radical (unpaired) electrons. The molecule has 6 rings (SSSR count). The second kappa shape index (κ2) is 11.1. The quantitative estimate of drug-likeness (QED) is 0.352. The van der Waals surface area contributed by atoms with Crippen LogP contribution in [0.2, 0.25) is 0 Å². The molecule has 0 aliphatic carbocycles. The molecule has 0 unspecified atom stereocenters. The van der Waals surface area contributed by atoms with E-state index < -0.39 is 0 Å². The van der Waals surface area contributed by atoms with E-state index in [1.165, 1.54) is 11.1 Å². The zero-order chi connectivity index (χ0) is 24.0. The van der Waals surface area contributed by atoms with Crippen molar-refractivity contribution in [2.75, 3.05) is 62.4 Å². The molecule has 8 heteroatoms. The van der Waals surface area contributed by atoms with Gasteiger partial charge in [-0.05, 0) is 48.5 Å². The number of rotatable bonds is 3. The smallest absolute Gasteiger partial charge is 0.150 e. The maximum atomic E-state index is 10.9. The lowest BCUT2D eigenvalue weighted by Gasteiger charge is -2.29. The first-order valence-electron chi connectivity index (χ1n) is 11.8. The van der Waals surface area contributed by atoms with Crippen LogP contribution >= 0.6 is 15.9 Å². The van der Waals surface area contributed by atoms with E-state index in [1.54, 1.807) is 6.07 Å². The molecule has 0 amide bonds. The van der Waals surface area contributed by atoms with Gasteiger partial charge in [-0.1, -0.05) is 15.9 Å². The number of aromatic nitrogens is 2. The number of halogens is 1. The number of morpholine rings is 2. The summed E-state index contributed by atoms with van der Waals surface area (Å²) in [5.41, 5.74) is 5.03. The molecule has 2 aromatic carbocycles. The van der Waals surface area contributed by atoms with Gasteiger partial charge in [0.1, 0.15) is 6.29 Å². The van der Waals surface area contributed by atoms with Crippen molar-refractivity contribution in [3.8, 4) is 0 Å². The highest BCUT2D eigenvalue weighted by atomic mass is 79.9. The Balaban J connectivity index is 0.000000145. The maximum absolute atomic E-state index is 10.9. The zero-order valence-electron chi connectivity index (χ0n) is 19.4. The molecule has 180 valence electrons.